The van der Waals surface area contributed by atoms with Gasteiger partial charge in [0.1, 0.15) is 11.2 Å². The van der Waals surface area contributed by atoms with Crippen LogP contribution in [0.2, 0.25) is 0 Å². The van der Waals surface area contributed by atoms with E-state index in [1.54, 1.807) is 0 Å². The monoisotopic (exact) mass is 629 g/mol. The maximum absolute atomic E-state index is 6.09. The summed E-state index contributed by atoms with van der Waals surface area (Å²) >= 11 is 0. The lowest BCUT2D eigenvalue weighted by molar-refractivity contribution is 0.653. The van der Waals surface area contributed by atoms with E-state index in [4.69, 9.17) is 13.8 Å². The average Bonchev–Trinajstić information content (AvgIpc) is 3.74. The van der Waals surface area contributed by atoms with Crippen LogP contribution >= 0.6 is 0 Å². The quantitative estimate of drug-likeness (QED) is 0.190. The van der Waals surface area contributed by atoms with E-state index in [0.717, 1.165) is 66.3 Å². The van der Waals surface area contributed by atoms with Crippen LogP contribution in [0.25, 0.3) is 77.2 Å². The van der Waals surface area contributed by atoms with Gasteiger partial charge in [0.05, 0.1) is 22.7 Å². The molecular formula is C44H27N3O2. The van der Waals surface area contributed by atoms with Crippen molar-refractivity contribution in [3.63, 3.8) is 0 Å². The summed E-state index contributed by atoms with van der Waals surface area (Å²) in [5.41, 5.74) is 10.5. The van der Waals surface area contributed by atoms with Gasteiger partial charge in [0, 0.05) is 28.3 Å². The van der Waals surface area contributed by atoms with Gasteiger partial charge < -0.3 is 13.7 Å². The number of rotatable bonds is 5. The summed E-state index contributed by atoms with van der Waals surface area (Å²) in [4.78, 5) is 11.6. The number of para-hydroxylation sites is 2. The molecule has 6 aromatic carbocycles. The molecule has 0 atom stereocenters. The van der Waals surface area contributed by atoms with Gasteiger partial charge in [0.15, 0.2) is 0 Å². The van der Waals surface area contributed by atoms with Crippen LogP contribution in [0.4, 0.5) is 17.1 Å². The van der Waals surface area contributed by atoms with E-state index in [2.05, 4.69) is 125 Å². The standard InChI is InChI=1S/C44H27N3O2/c1-2-8-28(9-3-1)31-15-14-29-16-21-34(25-32(29)24-31)47(35-26-39-37-10-4-6-12-40(37)48-43(39)46-27-35)33-19-17-30(18-20-33)36-22-23-45-44-42(36)38-11-5-7-13-41(38)49-44/h1-27H. The van der Waals surface area contributed by atoms with Gasteiger partial charge in [0.25, 0.3) is 0 Å². The summed E-state index contributed by atoms with van der Waals surface area (Å²) in [6.07, 6.45) is 3.71. The fourth-order valence-corrected chi connectivity index (χ4v) is 7.03. The molecule has 0 unspecified atom stereocenters. The molecule has 0 fully saturated rings. The number of fused-ring (bicyclic) bond motifs is 7. The predicted molar refractivity (Wildman–Crippen MR) is 200 cm³/mol. The molecular weight excluding hydrogens is 603 g/mol. The molecule has 49 heavy (non-hydrogen) atoms. The lowest BCUT2D eigenvalue weighted by atomic mass is 10.00. The zero-order valence-electron chi connectivity index (χ0n) is 26.2. The minimum Gasteiger partial charge on any atom is -0.438 e. The van der Waals surface area contributed by atoms with E-state index in [1.807, 2.05) is 48.8 Å². The molecule has 0 amide bonds. The average molecular weight is 630 g/mol. The largest absolute Gasteiger partial charge is 0.438 e. The number of anilines is 3. The normalized spacial score (nSPS) is 11.7. The molecule has 230 valence electrons. The van der Waals surface area contributed by atoms with E-state index in [-0.39, 0.29) is 0 Å². The Balaban J connectivity index is 1.14. The molecule has 5 nitrogen and oxygen atoms in total. The summed E-state index contributed by atoms with van der Waals surface area (Å²) in [6, 6.07) is 52.9. The number of hydrogen-bond donors (Lipinski definition) is 0. The number of hydrogen-bond acceptors (Lipinski definition) is 5. The Kier molecular flexibility index (Phi) is 6.11. The molecule has 4 heterocycles. The second-order valence-electron chi connectivity index (χ2n) is 12.3. The molecule has 0 saturated carbocycles. The van der Waals surface area contributed by atoms with Gasteiger partial charge in [-0.2, -0.15) is 0 Å². The van der Waals surface area contributed by atoms with Crippen molar-refractivity contribution < 1.29 is 8.83 Å². The molecule has 5 heteroatoms. The molecule has 0 N–H and O–H groups in total. The summed E-state index contributed by atoms with van der Waals surface area (Å²) in [5, 5.41) is 6.45. The third kappa shape index (κ3) is 4.55. The Labute approximate surface area is 281 Å². The molecule has 0 bridgehead atoms. The van der Waals surface area contributed by atoms with Gasteiger partial charge in [0.2, 0.25) is 11.4 Å². The van der Waals surface area contributed by atoms with Crippen LogP contribution in [0.3, 0.4) is 0 Å². The van der Waals surface area contributed by atoms with Crippen LogP contribution in [0.5, 0.6) is 0 Å². The summed E-state index contributed by atoms with van der Waals surface area (Å²) in [5.74, 6) is 0. The maximum Gasteiger partial charge on any atom is 0.227 e. The van der Waals surface area contributed by atoms with Gasteiger partial charge in [-0.25, -0.2) is 9.97 Å². The van der Waals surface area contributed by atoms with Crippen molar-refractivity contribution in [2.45, 2.75) is 0 Å². The van der Waals surface area contributed by atoms with Crippen molar-refractivity contribution in [2.24, 2.45) is 0 Å². The second-order valence-corrected chi connectivity index (χ2v) is 12.3. The van der Waals surface area contributed by atoms with Crippen molar-refractivity contribution in [3.8, 4) is 22.3 Å². The maximum atomic E-state index is 6.09. The molecule has 0 saturated heterocycles. The Morgan fingerprint density at radius 2 is 1.12 bits per heavy atom. The molecule has 0 aliphatic rings. The molecule has 0 radical (unpaired) electrons. The van der Waals surface area contributed by atoms with Gasteiger partial charge in [-0.15, -0.1) is 0 Å². The first-order valence-electron chi connectivity index (χ1n) is 16.3. The molecule has 0 spiro atoms. The Morgan fingerprint density at radius 1 is 0.429 bits per heavy atom. The molecule has 4 aromatic heterocycles. The van der Waals surface area contributed by atoms with Gasteiger partial charge in [-0.05, 0) is 87.6 Å². The van der Waals surface area contributed by atoms with Crippen LogP contribution in [-0.2, 0) is 0 Å². The van der Waals surface area contributed by atoms with Gasteiger partial charge >= 0.3 is 0 Å². The highest BCUT2D eigenvalue weighted by atomic mass is 16.3. The van der Waals surface area contributed by atoms with E-state index >= 15 is 0 Å². The van der Waals surface area contributed by atoms with Crippen LogP contribution in [0, 0.1) is 0 Å². The first kappa shape index (κ1) is 27.4. The second kappa shape index (κ2) is 10.9. The highest BCUT2D eigenvalue weighted by Crippen LogP contribution is 2.41. The van der Waals surface area contributed by atoms with Crippen molar-refractivity contribution in [3.05, 3.63) is 164 Å². The Bertz CT molecular complexity index is 2830. The summed E-state index contributed by atoms with van der Waals surface area (Å²) < 4.78 is 12.2. The minimum atomic E-state index is 0.625. The molecule has 0 aliphatic carbocycles. The first-order valence-corrected chi connectivity index (χ1v) is 16.3. The smallest absolute Gasteiger partial charge is 0.227 e. The first-order chi connectivity index (χ1) is 24.3. The number of benzene rings is 6. The van der Waals surface area contributed by atoms with E-state index in [1.165, 1.54) is 16.5 Å². The zero-order chi connectivity index (χ0) is 32.3. The van der Waals surface area contributed by atoms with E-state index in [9.17, 15) is 0 Å². The van der Waals surface area contributed by atoms with E-state index < -0.39 is 0 Å². The lowest BCUT2D eigenvalue weighted by Crippen LogP contribution is -2.10. The SMILES string of the molecule is c1ccc(-c2ccc3ccc(N(c4ccc(-c5ccnc6oc7ccccc7c56)cc4)c4cnc5oc6ccccc6c5c4)cc3c2)cc1. The van der Waals surface area contributed by atoms with Crippen LogP contribution in [0.15, 0.2) is 173 Å². The zero-order valence-corrected chi connectivity index (χ0v) is 26.2. The number of pyridine rings is 2. The van der Waals surface area contributed by atoms with E-state index in [0.29, 0.717) is 11.4 Å². The fourth-order valence-electron chi connectivity index (χ4n) is 7.03. The number of furan rings is 2. The minimum absolute atomic E-state index is 0.625. The summed E-state index contributed by atoms with van der Waals surface area (Å²) in [7, 11) is 0. The van der Waals surface area contributed by atoms with Crippen LogP contribution < -0.4 is 4.90 Å². The number of aromatic nitrogens is 2. The topological polar surface area (TPSA) is 55.3 Å². The van der Waals surface area contributed by atoms with Crippen molar-refractivity contribution in [2.75, 3.05) is 4.90 Å². The molecule has 10 rings (SSSR count). The van der Waals surface area contributed by atoms with Crippen molar-refractivity contribution in [1.82, 2.24) is 9.97 Å². The molecule has 10 aromatic rings. The number of nitrogens with zero attached hydrogens (tertiary/aromatic N) is 3. The van der Waals surface area contributed by atoms with Crippen LogP contribution in [0.1, 0.15) is 0 Å². The Hall–Kier alpha value is -6.72. The predicted octanol–water partition coefficient (Wildman–Crippen LogP) is 12.2. The highest BCUT2D eigenvalue weighted by Gasteiger charge is 2.18. The summed E-state index contributed by atoms with van der Waals surface area (Å²) in [6.45, 7) is 0. The van der Waals surface area contributed by atoms with Gasteiger partial charge in [-0.3, -0.25) is 0 Å². The van der Waals surface area contributed by atoms with Crippen LogP contribution in [-0.4, -0.2) is 9.97 Å². The van der Waals surface area contributed by atoms with Gasteiger partial charge in [-0.1, -0.05) is 97.1 Å². The lowest BCUT2D eigenvalue weighted by Gasteiger charge is -2.26. The third-order valence-corrected chi connectivity index (χ3v) is 9.38. The van der Waals surface area contributed by atoms with Crippen molar-refractivity contribution in [1.29, 1.82) is 0 Å². The fraction of sp³-hybridized carbons (Fsp3) is 0. The highest BCUT2D eigenvalue weighted by molar-refractivity contribution is 6.11. The third-order valence-electron chi connectivity index (χ3n) is 9.38. The Morgan fingerprint density at radius 3 is 1.98 bits per heavy atom. The molecule has 0 aliphatic heterocycles. The van der Waals surface area contributed by atoms with Crippen molar-refractivity contribution >= 4 is 72.0 Å².